The van der Waals surface area contributed by atoms with Crippen molar-refractivity contribution in [2.75, 3.05) is 0 Å². The van der Waals surface area contributed by atoms with Crippen LogP contribution < -0.4 is 5.32 Å². The van der Waals surface area contributed by atoms with E-state index < -0.39 is 5.54 Å². The Morgan fingerprint density at radius 3 is 2.64 bits per heavy atom. The van der Waals surface area contributed by atoms with Crippen molar-refractivity contribution in [3.63, 3.8) is 0 Å². The molecule has 0 unspecified atom stereocenters. The summed E-state index contributed by atoms with van der Waals surface area (Å²) < 4.78 is 6.60. The van der Waals surface area contributed by atoms with Crippen LogP contribution >= 0.6 is 27.3 Å². The topological polar surface area (TPSA) is 88.3 Å². The molecule has 0 aromatic carbocycles. The third kappa shape index (κ3) is 3.10. The van der Waals surface area contributed by atoms with Gasteiger partial charge in [-0.1, -0.05) is 25.7 Å². The van der Waals surface area contributed by atoms with Crippen LogP contribution in [0.2, 0.25) is 0 Å². The van der Waals surface area contributed by atoms with E-state index in [1.54, 1.807) is 0 Å². The number of aromatic nitrogens is 2. The van der Waals surface area contributed by atoms with Crippen LogP contribution in [-0.4, -0.2) is 32.6 Å². The second-order valence-corrected chi connectivity index (χ2v) is 8.89. The van der Waals surface area contributed by atoms with Crippen LogP contribution in [0.5, 0.6) is 0 Å². The quantitative estimate of drug-likeness (QED) is 0.758. The van der Waals surface area contributed by atoms with E-state index in [1.807, 2.05) is 12.1 Å². The van der Waals surface area contributed by atoms with Crippen molar-refractivity contribution in [3.8, 4) is 10.8 Å². The zero-order chi connectivity index (χ0) is 17.4. The van der Waals surface area contributed by atoms with Crippen LogP contribution in [0.15, 0.2) is 20.3 Å². The summed E-state index contributed by atoms with van der Waals surface area (Å²) in [7, 11) is 0. The van der Waals surface area contributed by atoms with Gasteiger partial charge in [-0.15, -0.1) is 21.5 Å². The number of nitrogens with one attached hydrogen (secondary N) is 1. The van der Waals surface area contributed by atoms with Gasteiger partial charge in [0.2, 0.25) is 5.89 Å². The fourth-order valence-corrected chi connectivity index (χ4v) is 4.78. The molecule has 0 bridgehead atoms. The summed E-state index contributed by atoms with van der Waals surface area (Å²) >= 11 is 4.87. The van der Waals surface area contributed by atoms with Crippen molar-refractivity contribution >= 4 is 39.2 Å². The average Bonchev–Trinajstić information content (AvgIpc) is 3.22. The van der Waals surface area contributed by atoms with E-state index in [-0.39, 0.29) is 24.4 Å². The third-order valence-electron chi connectivity index (χ3n) is 4.75. The van der Waals surface area contributed by atoms with Crippen molar-refractivity contribution in [1.82, 2.24) is 20.4 Å². The van der Waals surface area contributed by atoms with Crippen LogP contribution in [0.25, 0.3) is 10.8 Å². The van der Waals surface area contributed by atoms with Crippen molar-refractivity contribution in [2.24, 2.45) is 0 Å². The van der Waals surface area contributed by atoms with Gasteiger partial charge in [0, 0.05) is 0 Å². The highest BCUT2D eigenvalue weighted by molar-refractivity contribution is 9.11. The molecule has 1 aliphatic carbocycles. The Morgan fingerprint density at radius 2 is 1.96 bits per heavy atom. The van der Waals surface area contributed by atoms with Gasteiger partial charge in [-0.3, -0.25) is 9.69 Å². The maximum Gasteiger partial charge on any atom is 0.325 e. The predicted octanol–water partition coefficient (Wildman–Crippen LogP) is 3.71. The smallest absolute Gasteiger partial charge is 0.325 e. The summed E-state index contributed by atoms with van der Waals surface area (Å²) in [5.74, 6) is 0.480. The Bertz CT molecular complexity index is 810. The predicted molar refractivity (Wildman–Crippen MR) is 94.8 cm³/mol. The third-order valence-corrected chi connectivity index (χ3v) is 6.36. The zero-order valence-corrected chi connectivity index (χ0v) is 15.9. The highest BCUT2D eigenvalue weighted by Crippen LogP contribution is 2.34. The first-order valence-corrected chi connectivity index (χ1v) is 9.91. The lowest BCUT2D eigenvalue weighted by molar-refractivity contribution is -0.132. The molecule has 9 heteroatoms. The number of amides is 3. The molecule has 3 amide bonds. The molecular formula is C16H17BrN4O3S. The van der Waals surface area contributed by atoms with Crippen LogP contribution in [0.1, 0.15) is 44.4 Å². The highest BCUT2D eigenvalue weighted by atomic mass is 79.9. The monoisotopic (exact) mass is 424 g/mol. The molecule has 3 heterocycles. The van der Waals surface area contributed by atoms with E-state index in [0.717, 1.165) is 34.3 Å². The summed E-state index contributed by atoms with van der Waals surface area (Å²) in [6.07, 6.45) is 5.52. The van der Waals surface area contributed by atoms with Gasteiger partial charge in [-0.05, 0) is 40.9 Å². The van der Waals surface area contributed by atoms with Crippen LogP contribution in [-0.2, 0) is 11.3 Å². The maximum atomic E-state index is 12.9. The second kappa shape index (κ2) is 6.53. The van der Waals surface area contributed by atoms with E-state index in [9.17, 15) is 9.59 Å². The molecule has 1 spiro atoms. The standard InChI is InChI=1S/C16H17BrN4O3S/c17-11-6-5-10(25-11)13-20-19-12(24-13)9-21-14(22)16(18-15(21)23)7-3-1-2-4-8-16/h5-6H,1-4,7-9H2,(H,18,23). The lowest BCUT2D eigenvalue weighted by Gasteiger charge is -2.24. The van der Waals surface area contributed by atoms with Gasteiger partial charge >= 0.3 is 6.03 Å². The lowest BCUT2D eigenvalue weighted by Crippen LogP contribution is -2.46. The molecule has 1 saturated heterocycles. The van der Waals surface area contributed by atoms with E-state index in [4.69, 9.17) is 4.42 Å². The number of carbonyl (C=O) groups is 2. The number of carbonyl (C=O) groups excluding carboxylic acids is 2. The normalized spacial score (nSPS) is 20.1. The number of thiophene rings is 1. The number of hydrogen-bond acceptors (Lipinski definition) is 6. The number of nitrogens with zero attached hydrogens (tertiary/aromatic N) is 3. The number of rotatable bonds is 3. The average molecular weight is 425 g/mol. The summed E-state index contributed by atoms with van der Waals surface area (Å²) in [5, 5.41) is 10.9. The molecule has 2 fully saturated rings. The molecule has 132 valence electrons. The van der Waals surface area contributed by atoms with Crippen LogP contribution in [0.4, 0.5) is 4.79 Å². The lowest BCUT2D eigenvalue weighted by atomic mass is 9.90. The van der Waals surface area contributed by atoms with Crippen LogP contribution in [0.3, 0.4) is 0 Å². The van der Waals surface area contributed by atoms with Gasteiger partial charge in [-0.2, -0.15) is 0 Å². The first-order chi connectivity index (χ1) is 12.1. The SMILES string of the molecule is O=C1NC2(CCCCCC2)C(=O)N1Cc1nnc(-c2ccc(Br)s2)o1. The molecular weight excluding hydrogens is 408 g/mol. The summed E-state index contributed by atoms with van der Waals surface area (Å²) in [6, 6.07) is 3.41. The molecule has 0 radical (unpaired) electrons. The molecule has 25 heavy (non-hydrogen) atoms. The molecule has 1 N–H and O–H groups in total. The van der Waals surface area contributed by atoms with Crippen molar-refractivity contribution in [2.45, 2.75) is 50.6 Å². The Kier molecular flexibility index (Phi) is 4.36. The molecule has 7 nitrogen and oxygen atoms in total. The van der Waals surface area contributed by atoms with Gasteiger partial charge in [-0.25, -0.2) is 4.79 Å². The second-order valence-electron chi connectivity index (χ2n) is 6.42. The van der Waals surface area contributed by atoms with Crippen molar-refractivity contribution in [3.05, 3.63) is 21.8 Å². The Hall–Kier alpha value is -1.74. The van der Waals surface area contributed by atoms with E-state index in [1.165, 1.54) is 16.2 Å². The van der Waals surface area contributed by atoms with Crippen LogP contribution in [0, 0.1) is 0 Å². The van der Waals surface area contributed by atoms with E-state index in [0.29, 0.717) is 18.7 Å². The first-order valence-electron chi connectivity index (χ1n) is 8.30. The number of urea groups is 1. The van der Waals surface area contributed by atoms with Gasteiger partial charge in [0.25, 0.3) is 11.8 Å². The molecule has 0 atom stereocenters. The summed E-state index contributed by atoms with van der Waals surface area (Å²) in [6.45, 7) is 0.00591. The first kappa shape index (κ1) is 16.7. The summed E-state index contributed by atoms with van der Waals surface area (Å²) in [5.41, 5.74) is -0.741. The Balaban J connectivity index is 1.52. The molecule has 1 saturated carbocycles. The minimum atomic E-state index is -0.741. The largest absolute Gasteiger partial charge is 0.418 e. The minimum absolute atomic E-state index is 0.00591. The van der Waals surface area contributed by atoms with Crippen molar-refractivity contribution < 1.29 is 14.0 Å². The number of imide groups is 1. The fraction of sp³-hybridized carbons (Fsp3) is 0.500. The van der Waals surface area contributed by atoms with Gasteiger partial charge in [0.15, 0.2) is 0 Å². The fourth-order valence-electron chi connectivity index (χ4n) is 3.47. The van der Waals surface area contributed by atoms with E-state index in [2.05, 4.69) is 31.4 Å². The highest BCUT2D eigenvalue weighted by Gasteiger charge is 2.51. The minimum Gasteiger partial charge on any atom is -0.418 e. The van der Waals surface area contributed by atoms with Gasteiger partial charge in [0.1, 0.15) is 12.1 Å². The van der Waals surface area contributed by atoms with E-state index >= 15 is 0 Å². The molecule has 4 rings (SSSR count). The van der Waals surface area contributed by atoms with Gasteiger partial charge < -0.3 is 9.73 Å². The summed E-state index contributed by atoms with van der Waals surface area (Å²) in [4.78, 5) is 27.3. The maximum absolute atomic E-state index is 12.9. The Labute approximate surface area is 156 Å². The number of halogens is 1. The van der Waals surface area contributed by atoms with Crippen molar-refractivity contribution in [1.29, 1.82) is 0 Å². The zero-order valence-electron chi connectivity index (χ0n) is 13.5. The van der Waals surface area contributed by atoms with Gasteiger partial charge in [0.05, 0.1) is 8.66 Å². The molecule has 2 aromatic heterocycles. The number of hydrogen-bond donors (Lipinski definition) is 1. The Morgan fingerprint density at radius 1 is 1.20 bits per heavy atom. The molecule has 1 aliphatic heterocycles. The molecule has 2 aromatic rings. The molecule has 2 aliphatic rings.